The van der Waals surface area contributed by atoms with Crippen molar-refractivity contribution in [3.8, 4) is 0 Å². The first kappa shape index (κ1) is 14.1. The van der Waals surface area contributed by atoms with Gasteiger partial charge in [0.25, 0.3) is 0 Å². The second kappa shape index (κ2) is 6.71. The third-order valence-electron chi connectivity index (χ3n) is 3.62. The SMILES string of the molecule is CCOC(=O)C(c1cccc(C)c1)N1CCCCC1. The lowest BCUT2D eigenvalue weighted by molar-refractivity contribution is -0.150. The molecule has 19 heavy (non-hydrogen) atoms. The highest BCUT2D eigenvalue weighted by Gasteiger charge is 2.29. The van der Waals surface area contributed by atoms with Gasteiger partial charge in [-0.15, -0.1) is 0 Å². The number of nitrogens with zero attached hydrogens (tertiary/aromatic N) is 1. The van der Waals surface area contributed by atoms with E-state index in [4.69, 9.17) is 4.74 Å². The van der Waals surface area contributed by atoms with Crippen LogP contribution in [0.5, 0.6) is 0 Å². The summed E-state index contributed by atoms with van der Waals surface area (Å²) >= 11 is 0. The highest BCUT2D eigenvalue weighted by molar-refractivity contribution is 5.77. The Morgan fingerprint density at radius 2 is 2.05 bits per heavy atom. The Kier molecular flexibility index (Phi) is 4.97. The maximum absolute atomic E-state index is 12.3. The summed E-state index contributed by atoms with van der Waals surface area (Å²) in [5.41, 5.74) is 2.24. The van der Waals surface area contributed by atoms with E-state index in [0.717, 1.165) is 18.7 Å². The van der Waals surface area contributed by atoms with Crippen molar-refractivity contribution < 1.29 is 9.53 Å². The van der Waals surface area contributed by atoms with Gasteiger partial charge in [0.15, 0.2) is 0 Å². The summed E-state index contributed by atoms with van der Waals surface area (Å²) in [5.74, 6) is -0.116. The molecule has 1 aromatic carbocycles. The van der Waals surface area contributed by atoms with E-state index >= 15 is 0 Å². The zero-order chi connectivity index (χ0) is 13.7. The third-order valence-corrected chi connectivity index (χ3v) is 3.62. The van der Waals surface area contributed by atoms with Crippen LogP contribution in [0.2, 0.25) is 0 Å². The van der Waals surface area contributed by atoms with Crippen molar-refractivity contribution in [1.82, 2.24) is 4.90 Å². The summed E-state index contributed by atoms with van der Waals surface area (Å²) in [4.78, 5) is 14.6. The molecule has 0 amide bonds. The second-order valence-electron chi connectivity index (χ2n) is 5.17. The standard InChI is InChI=1S/C16H23NO2/c1-3-19-16(18)15(17-10-5-4-6-11-17)14-9-7-8-13(2)12-14/h7-9,12,15H,3-6,10-11H2,1-2H3. The lowest BCUT2D eigenvalue weighted by Crippen LogP contribution is -2.38. The summed E-state index contributed by atoms with van der Waals surface area (Å²) in [5, 5.41) is 0. The Bertz CT molecular complexity index is 425. The topological polar surface area (TPSA) is 29.5 Å². The number of carbonyl (C=O) groups is 1. The average molecular weight is 261 g/mol. The molecular formula is C16H23NO2. The highest BCUT2D eigenvalue weighted by Crippen LogP contribution is 2.26. The van der Waals surface area contributed by atoms with Crippen molar-refractivity contribution in [3.63, 3.8) is 0 Å². The molecule has 0 bridgehead atoms. The second-order valence-corrected chi connectivity index (χ2v) is 5.17. The molecule has 0 radical (unpaired) electrons. The smallest absolute Gasteiger partial charge is 0.327 e. The van der Waals surface area contributed by atoms with Crippen LogP contribution in [0.3, 0.4) is 0 Å². The molecule has 1 unspecified atom stereocenters. The predicted molar refractivity (Wildman–Crippen MR) is 76.0 cm³/mol. The lowest BCUT2D eigenvalue weighted by atomic mass is 10.0. The normalized spacial score (nSPS) is 18.0. The van der Waals surface area contributed by atoms with Crippen molar-refractivity contribution in [1.29, 1.82) is 0 Å². The van der Waals surface area contributed by atoms with Crippen LogP contribution in [0.1, 0.15) is 43.4 Å². The first-order valence-electron chi connectivity index (χ1n) is 7.19. The van der Waals surface area contributed by atoms with Gasteiger partial charge in [0, 0.05) is 0 Å². The number of ether oxygens (including phenoxy) is 1. The first-order chi connectivity index (χ1) is 9.22. The molecule has 1 aliphatic rings. The van der Waals surface area contributed by atoms with Crippen molar-refractivity contribution in [2.45, 2.75) is 39.2 Å². The molecular weight excluding hydrogens is 238 g/mol. The maximum Gasteiger partial charge on any atom is 0.327 e. The molecule has 3 nitrogen and oxygen atoms in total. The average Bonchev–Trinajstić information content (AvgIpc) is 2.40. The van der Waals surface area contributed by atoms with Crippen LogP contribution in [-0.2, 0) is 9.53 Å². The first-order valence-corrected chi connectivity index (χ1v) is 7.19. The predicted octanol–water partition coefficient (Wildman–Crippen LogP) is 3.09. The molecule has 1 heterocycles. The van der Waals surface area contributed by atoms with Gasteiger partial charge in [0.1, 0.15) is 6.04 Å². The van der Waals surface area contributed by atoms with Gasteiger partial charge in [-0.25, -0.2) is 4.79 Å². The Morgan fingerprint density at radius 1 is 1.32 bits per heavy atom. The fourth-order valence-corrected chi connectivity index (χ4v) is 2.73. The van der Waals surface area contributed by atoms with Gasteiger partial charge in [-0.05, 0) is 45.3 Å². The van der Waals surface area contributed by atoms with Gasteiger partial charge in [0.05, 0.1) is 6.61 Å². The fourth-order valence-electron chi connectivity index (χ4n) is 2.73. The number of benzene rings is 1. The van der Waals surface area contributed by atoms with Gasteiger partial charge in [0.2, 0.25) is 0 Å². The number of likely N-dealkylation sites (tertiary alicyclic amines) is 1. The van der Waals surface area contributed by atoms with Crippen LogP contribution in [0, 0.1) is 6.92 Å². The Balaban J connectivity index is 2.24. The van der Waals surface area contributed by atoms with E-state index in [-0.39, 0.29) is 12.0 Å². The van der Waals surface area contributed by atoms with E-state index < -0.39 is 0 Å². The van der Waals surface area contributed by atoms with Crippen LogP contribution in [0.25, 0.3) is 0 Å². The molecule has 1 aromatic rings. The van der Waals surface area contributed by atoms with Gasteiger partial charge in [-0.3, -0.25) is 4.90 Å². The maximum atomic E-state index is 12.3. The van der Waals surface area contributed by atoms with E-state index in [0.29, 0.717) is 6.61 Å². The van der Waals surface area contributed by atoms with E-state index in [9.17, 15) is 4.79 Å². The summed E-state index contributed by atoms with van der Waals surface area (Å²) in [6, 6.07) is 7.96. The van der Waals surface area contributed by atoms with Crippen molar-refractivity contribution in [2.75, 3.05) is 19.7 Å². The largest absolute Gasteiger partial charge is 0.465 e. The van der Waals surface area contributed by atoms with Gasteiger partial charge < -0.3 is 4.74 Å². The van der Waals surface area contributed by atoms with E-state index in [1.54, 1.807) is 0 Å². The Hall–Kier alpha value is -1.35. The molecule has 2 rings (SSSR count). The highest BCUT2D eigenvalue weighted by atomic mass is 16.5. The number of esters is 1. The number of rotatable bonds is 4. The quantitative estimate of drug-likeness (QED) is 0.780. The molecule has 0 aromatic heterocycles. The molecule has 1 saturated heterocycles. The van der Waals surface area contributed by atoms with Gasteiger partial charge in [-0.1, -0.05) is 36.2 Å². The molecule has 1 aliphatic heterocycles. The fraction of sp³-hybridized carbons (Fsp3) is 0.562. The molecule has 3 heteroatoms. The van der Waals surface area contributed by atoms with Gasteiger partial charge >= 0.3 is 5.97 Å². The summed E-state index contributed by atoms with van der Waals surface area (Å²) < 4.78 is 5.27. The number of hydrogen-bond acceptors (Lipinski definition) is 3. The van der Waals surface area contributed by atoms with Crippen molar-refractivity contribution >= 4 is 5.97 Å². The zero-order valence-corrected chi connectivity index (χ0v) is 11.9. The Labute approximate surface area is 115 Å². The van der Waals surface area contributed by atoms with Crippen molar-refractivity contribution in [2.24, 2.45) is 0 Å². The van der Waals surface area contributed by atoms with E-state index in [1.165, 1.54) is 24.8 Å². The molecule has 0 saturated carbocycles. The van der Waals surface area contributed by atoms with Crippen LogP contribution >= 0.6 is 0 Å². The minimum absolute atomic E-state index is 0.116. The third kappa shape index (κ3) is 3.57. The number of carbonyl (C=O) groups excluding carboxylic acids is 1. The van der Waals surface area contributed by atoms with E-state index in [1.807, 2.05) is 19.1 Å². The zero-order valence-electron chi connectivity index (χ0n) is 11.9. The summed E-state index contributed by atoms with van der Waals surface area (Å²) in [6.07, 6.45) is 3.60. The van der Waals surface area contributed by atoms with Gasteiger partial charge in [-0.2, -0.15) is 0 Å². The molecule has 0 aliphatic carbocycles. The summed E-state index contributed by atoms with van der Waals surface area (Å²) in [6.45, 7) is 6.33. The number of aryl methyl sites for hydroxylation is 1. The summed E-state index contributed by atoms with van der Waals surface area (Å²) in [7, 11) is 0. The number of hydrogen-bond donors (Lipinski definition) is 0. The van der Waals surface area contributed by atoms with E-state index in [2.05, 4.69) is 24.0 Å². The van der Waals surface area contributed by atoms with Crippen LogP contribution in [0.15, 0.2) is 24.3 Å². The van der Waals surface area contributed by atoms with Crippen molar-refractivity contribution in [3.05, 3.63) is 35.4 Å². The minimum atomic E-state index is -0.236. The van der Waals surface area contributed by atoms with Crippen LogP contribution in [0.4, 0.5) is 0 Å². The molecule has 1 fully saturated rings. The molecule has 0 spiro atoms. The molecule has 104 valence electrons. The lowest BCUT2D eigenvalue weighted by Gasteiger charge is -2.33. The van der Waals surface area contributed by atoms with Crippen LogP contribution in [-0.4, -0.2) is 30.6 Å². The van der Waals surface area contributed by atoms with Crippen LogP contribution < -0.4 is 0 Å². The monoisotopic (exact) mass is 261 g/mol. The Morgan fingerprint density at radius 3 is 2.68 bits per heavy atom. The molecule has 0 N–H and O–H groups in total. The minimum Gasteiger partial charge on any atom is -0.465 e. The number of piperidine rings is 1. The molecule has 1 atom stereocenters.